The Morgan fingerprint density at radius 1 is 0.423 bits per heavy atom. The van der Waals surface area contributed by atoms with E-state index in [4.69, 9.17) is 0 Å². The Morgan fingerprint density at radius 2 is 1.00 bits per heavy atom. The molecule has 0 bridgehead atoms. The predicted molar refractivity (Wildman–Crippen MR) is 221 cm³/mol. The summed E-state index contributed by atoms with van der Waals surface area (Å²) in [5.41, 5.74) is 15.8. The summed E-state index contributed by atoms with van der Waals surface area (Å²) in [6, 6.07) is 68.3. The Morgan fingerprint density at radius 3 is 1.71 bits per heavy atom. The van der Waals surface area contributed by atoms with Crippen molar-refractivity contribution in [3.8, 4) is 27.9 Å². The number of rotatable bonds is 5. The molecule has 1 unspecified atom stereocenters. The number of nitrogens with zero attached hydrogens (tertiary/aromatic N) is 1. The van der Waals surface area contributed by atoms with Crippen LogP contribution < -0.4 is 0 Å². The fourth-order valence-electron chi connectivity index (χ4n) is 8.29. The van der Waals surface area contributed by atoms with E-state index >= 15 is 0 Å². The molecular weight excluding hydrogens is 627 g/mol. The molecule has 1 aliphatic rings. The molecule has 1 atom stereocenters. The quantitative estimate of drug-likeness (QED) is 0.173. The Kier molecular flexibility index (Phi) is 7.11. The standard InChI is InChI=1S/C51H35N/c1-34-43-30-29-38-15-5-6-20-44(38)51(43)48(33-47(34)37-13-3-2-4-14-37)41-18-11-16-39(31-41)35-25-27-36(28-26-35)40-17-12-19-42(32-40)52-49-23-9-7-21-45(49)46-22-8-10-24-50(46)52/h2-33,47H,1H2. The van der Waals surface area contributed by atoms with E-state index in [2.05, 4.69) is 205 Å². The number of allylic oxidation sites excluding steroid dienone is 2. The van der Waals surface area contributed by atoms with Gasteiger partial charge in [0.1, 0.15) is 0 Å². The monoisotopic (exact) mass is 661 g/mol. The number of hydrogen-bond donors (Lipinski definition) is 0. The van der Waals surface area contributed by atoms with Crippen molar-refractivity contribution < 1.29 is 0 Å². The van der Waals surface area contributed by atoms with Gasteiger partial charge in [-0.15, -0.1) is 0 Å². The molecular formula is C51H35N. The molecule has 9 aromatic rings. The van der Waals surface area contributed by atoms with Gasteiger partial charge in [-0.1, -0.05) is 170 Å². The van der Waals surface area contributed by atoms with Crippen LogP contribution in [0.2, 0.25) is 0 Å². The Labute approximate surface area is 304 Å². The van der Waals surface area contributed by atoms with Crippen LogP contribution in [0.5, 0.6) is 0 Å². The molecule has 1 aromatic heterocycles. The lowest BCUT2D eigenvalue weighted by molar-refractivity contribution is 1.09. The van der Waals surface area contributed by atoms with Gasteiger partial charge in [0, 0.05) is 22.4 Å². The van der Waals surface area contributed by atoms with Crippen molar-refractivity contribution in [1.29, 1.82) is 0 Å². The van der Waals surface area contributed by atoms with Crippen LogP contribution in [0.15, 0.2) is 201 Å². The van der Waals surface area contributed by atoms with Crippen LogP contribution in [0.25, 0.3) is 71.7 Å². The second kappa shape index (κ2) is 12.3. The van der Waals surface area contributed by atoms with E-state index in [-0.39, 0.29) is 5.92 Å². The summed E-state index contributed by atoms with van der Waals surface area (Å²) in [4.78, 5) is 0. The molecule has 0 saturated heterocycles. The summed E-state index contributed by atoms with van der Waals surface area (Å²) in [6.07, 6.45) is 2.43. The Hall–Kier alpha value is -6.70. The first kappa shape index (κ1) is 30.2. The maximum atomic E-state index is 4.65. The van der Waals surface area contributed by atoms with Crippen molar-refractivity contribution in [2.75, 3.05) is 0 Å². The molecule has 1 aliphatic carbocycles. The molecule has 0 aliphatic heterocycles. The van der Waals surface area contributed by atoms with Crippen molar-refractivity contribution in [3.05, 3.63) is 223 Å². The fraction of sp³-hybridized carbons (Fsp3) is 0.0196. The number of fused-ring (bicyclic) bond motifs is 6. The smallest absolute Gasteiger partial charge is 0.0541 e. The lowest BCUT2D eigenvalue weighted by atomic mass is 9.75. The van der Waals surface area contributed by atoms with Gasteiger partial charge in [0.05, 0.1) is 11.0 Å². The molecule has 1 nitrogen and oxygen atoms in total. The van der Waals surface area contributed by atoms with Crippen molar-refractivity contribution in [2.45, 2.75) is 5.92 Å². The number of aromatic nitrogens is 1. The molecule has 0 fully saturated rings. The van der Waals surface area contributed by atoms with Crippen LogP contribution >= 0.6 is 0 Å². The van der Waals surface area contributed by atoms with Crippen LogP contribution in [0, 0.1) is 0 Å². The van der Waals surface area contributed by atoms with Gasteiger partial charge in [0.25, 0.3) is 0 Å². The van der Waals surface area contributed by atoms with E-state index in [0.29, 0.717) is 0 Å². The van der Waals surface area contributed by atoms with Crippen LogP contribution in [-0.4, -0.2) is 4.57 Å². The highest BCUT2D eigenvalue weighted by molar-refractivity contribution is 6.09. The number of para-hydroxylation sites is 2. The van der Waals surface area contributed by atoms with Crippen LogP contribution in [0.4, 0.5) is 0 Å². The maximum absolute atomic E-state index is 4.65. The van der Waals surface area contributed by atoms with E-state index in [1.165, 1.54) is 82.7 Å². The number of benzene rings is 8. The minimum Gasteiger partial charge on any atom is -0.309 e. The molecule has 0 saturated carbocycles. The molecule has 1 heterocycles. The lowest BCUT2D eigenvalue weighted by Crippen LogP contribution is -2.09. The molecule has 10 rings (SSSR count). The van der Waals surface area contributed by atoms with E-state index in [9.17, 15) is 0 Å². The zero-order valence-corrected chi connectivity index (χ0v) is 28.7. The van der Waals surface area contributed by atoms with E-state index in [1.54, 1.807) is 0 Å². The molecule has 244 valence electrons. The third-order valence-electron chi connectivity index (χ3n) is 10.8. The van der Waals surface area contributed by atoms with Gasteiger partial charge in [0.2, 0.25) is 0 Å². The second-order valence-electron chi connectivity index (χ2n) is 13.8. The summed E-state index contributed by atoms with van der Waals surface area (Å²) < 4.78 is 2.38. The van der Waals surface area contributed by atoms with E-state index in [0.717, 1.165) is 11.3 Å². The average molecular weight is 662 g/mol. The van der Waals surface area contributed by atoms with Gasteiger partial charge < -0.3 is 4.57 Å². The highest BCUT2D eigenvalue weighted by Gasteiger charge is 2.27. The largest absolute Gasteiger partial charge is 0.309 e. The van der Waals surface area contributed by atoms with Gasteiger partial charge in [-0.05, 0) is 96.8 Å². The zero-order valence-electron chi connectivity index (χ0n) is 28.7. The summed E-state index contributed by atoms with van der Waals surface area (Å²) in [5, 5.41) is 5.05. The molecule has 52 heavy (non-hydrogen) atoms. The minimum absolute atomic E-state index is 0.103. The average Bonchev–Trinajstić information content (AvgIpc) is 3.56. The fourth-order valence-corrected chi connectivity index (χ4v) is 8.29. The summed E-state index contributed by atoms with van der Waals surface area (Å²) >= 11 is 0. The lowest BCUT2D eigenvalue weighted by Gasteiger charge is -2.29. The summed E-state index contributed by atoms with van der Waals surface area (Å²) in [6.45, 7) is 4.65. The van der Waals surface area contributed by atoms with Crippen LogP contribution in [0.1, 0.15) is 28.2 Å². The van der Waals surface area contributed by atoms with Crippen molar-refractivity contribution >= 4 is 43.7 Å². The van der Waals surface area contributed by atoms with Crippen molar-refractivity contribution in [1.82, 2.24) is 4.57 Å². The molecule has 0 N–H and O–H groups in total. The van der Waals surface area contributed by atoms with Crippen molar-refractivity contribution in [3.63, 3.8) is 0 Å². The topological polar surface area (TPSA) is 4.93 Å². The molecule has 0 spiro atoms. The first-order valence-electron chi connectivity index (χ1n) is 18.0. The molecule has 1 heteroatoms. The predicted octanol–water partition coefficient (Wildman–Crippen LogP) is 13.5. The van der Waals surface area contributed by atoms with E-state index < -0.39 is 0 Å². The van der Waals surface area contributed by atoms with Gasteiger partial charge in [-0.2, -0.15) is 0 Å². The first-order chi connectivity index (χ1) is 25.7. The van der Waals surface area contributed by atoms with Gasteiger partial charge in [0.15, 0.2) is 0 Å². The summed E-state index contributed by atoms with van der Waals surface area (Å²) in [7, 11) is 0. The third-order valence-corrected chi connectivity index (χ3v) is 10.8. The van der Waals surface area contributed by atoms with Gasteiger partial charge in [-0.25, -0.2) is 0 Å². The molecule has 0 radical (unpaired) electrons. The third kappa shape index (κ3) is 4.93. The molecule has 0 amide bonds. The molecule has 8 aromatic carbocycles. The normalized spacial score (nSPS) is 14.1. The maximum Gasteiger partial charge on any atom is 0.0541 e. The SMILES string of the molecule is C=C1c2ccc3ccccc3c2C(c2cccc(-c3ccc(-c4cccc(-n5c6ccccc6c6ccccc65)c4)cc3)c2)=CC1c1ccccc1. The highest BCUT2D eigenvalue weighted by Crippen LogP contribution is 2.47. The number of hydrogen-bond acceptors (Lipinski definition) is 0. The van der Waals surface area contributed by atoms with Gasteiger partial charge in [-0.3, -0.25) is 0 Å². The Balaban J connectivity index is 1.03. The van der Waals surface area contributed by atoms with Crippen molar-refractivity contribution in [2.24, 2.45) is 0 Å². The zero-order chi connectivity index (χ0) is 34.6. The van der Waals surface area contributed by atoms with E-state index in [1.807, 2.05) is 0 Å². The van der Waals surface area contributed by atoms with Crippen LogP contribution in [0.3, 0.4) is 0 Å². The Bertz CT molecular complexity index is 2800. The minimum atomic E-state index is 0.103. The van der Waals surface area contributed by atoms with Crippen LogP contribution in [-0.2, 0) is 0 Å². The highest BCUT2D eigenvalue weighted by atomic mass is 15.0. The first-order valence-corrected chi connectivity index (χ1v) is 18.0. The van der Waals surface area contributed by atoms with Gasteiger partial charge >= 0.3 is 0 Å². The summed E-state index contributed by atoms with van der Waals surface area (Å²) in [5.74, 6) is 0.103. The second-order valence-corrected chi connectivity index (χ2v) is 13.8.